The number of nitro groups is 1. The van der Waals surface area contributed by atoms with Crippen molar-refractivity contribution in [2.75, 3.05) is 19.5 Å². The number of anilines is 1. The van der Waals surface area contributed by atoms with Crippen molar-refractivity contribution in [3.8, 4) is 11.5 Å². The Morgan fingerprint density at radius 3 is 2.50 bits per heavy atom. The molecule has 0 radical (unpaired) electrons. The van der Waals surface area contributed by atoms with Crippen molar-refractivity contribution in [3.05, 3.63) is 57.1 Å². The van der Waals surface area contributed by atoms with E-state index in [1.54, 1.807) is 20.3 Å². The van der Waals surface area contributed by atoms with Gasteiger partial charge in [-0.2, -0.15) is 0 Å². The van der Waals surface area contributed by atoms with Crippen LogP contribution in [0.4, 0.5) is 11.4 Å². The molecule has 0 heterocycles. The topological polar surface area (TPSA) is 73.6 Å². The average Bonchev–Trinajstić information content (AvgIpc) is 2.52. The van der Waals surface area contributed by atoms with Gasteiger partial charge in [0.25, 0.3) is 5.69 Å². The van der Waals surface area contributed by atoms with Gasteiger partial charge in [0, 0.05) is 17.6 Å². The molecule has 0 saturated heterocycles. The quantitative estimate of drug-likeness (QED) is 0.645. The van der Waals surface area contributed by atoms with Crippen LogP contribution in [0.1, 0.15) is 5.56 Å². The second kappa shape index (κ2) is 7.00. The van der Waals surface area contributed by atoms with Crippen LogP contribution in [0.5, 0.6) is 11.5 Å². The number of methoxy groups -OCH3 is 2. The molecule has 0 aromatic heterocycles. The van der Waals surface area contributed by atoms with Gasteiger partial charge in [0.2, 0.25) is 0 Å². The summed E-state index contributed by atoms with van der Waals surface area (Å²) < 4.78 is 10.4. The van der Waals surface area contributed by atoms with E-state index in [0.29, 0.717) is 28.8 Å². The molecule has 0 aliphatic heterocycles. The molecule has 0 aliphatic rings. The van der Waals surface area contributed by atoms with Crippen LogP contribution in [0.2, 0.25) is 5.02 Å². The van der Waals surface area contributed by atoms with Gasteiger partial charge in [-0.15, -0.1) is 0 Å². The fraction of sp³-hybridized carbons (Fsp3) is 0.200. The molecule has 0 fully saturated rings. The van der Waals surface area contributed by atoms with Crippen LogP contribution in [0.25, 0.3) is 0 Å². The number of hydrogen-bond acceptors (Lipinski definition) is 5. The van der Waals surface area contributed by atoms with Crippen LogP contribution < -0.4 is 14.8 Å². The number of ether oxygens (including phenoxy) is 2. The van der Waals surface area contributed by atoms with E-state index in [4.69, 9.17) is 21.1 Å². The van der Waals surface area contributed by atoms with Crippen LogP contribution in [0.15, 0.2) is 36.4 Å². The Balaban J connectivity index is 2.20. The zero-order valence-corrected chi connectivity index (χ0v) is 12.9. The molecule has 0 spiro atoms. The summed E-state index contributed by atoms with van der Waals surface area (Å²) in [6.07, 6.45) is 0. The van der Waals surface area contributed by atoms with Gasteiger partial charge in [-0.25, -0.2) is 0 Å². The van der Waals surface area contributed by atoms with Crippen LogP contribution in [-0.2, 0) is 6.54 Å². The maximum absolute atomic E-state index is 11.0. The second-order valence-corrected chi connectivity index (χ2v) is 4.90. The smallest absolute Gasteiger partial charge is 0.292 e. The van der Waals surface area contributed by atoms with Gasteiger partial charge in [0.05, 0.1) is 19.1 Å². The number of rotatable bonds is 6. The monoisotopic (exact) mass is 322 g/mol. The van der Waals surface area contributed by atoms with Crippen molar-refractivity contribution in [2.24, 2.45) is 0 Å². The first-order chi connectivity index (χ1) is 10.5. The molecule has 22 heavy (non-hydrogen) atoms. The Morgan fingerprint density at radius 2 is 1.86 bits per heavy atom. The number of nitrogens with one attached hydrogen (secondary N) is 1. The summed E-state index contributed by atoms with van der Waals surface area (Å²) >= 11 is 5.89. The maximum atomic E-state index is 11.0. The van der Waals surface area contributed by atoms with Gasteiger partial charge in [-0.05, 0) is 29.8 Å². The Labute approximate surface area is 132 Å². The lowest BCUT2D eigenvalue weighted by Crippen LogP contribution is -2.03. The van der Waals surface area contributed by atoms with Gasteiger partial charge in [-0.3, -0.25) is 10.1 Å². The van der Waals surface area contributed by atoms with Crippen molar-refractivity contribution in [1.82, 2.24) is 0 Å². The molecule has 2 aromatic carbocycles. The maximum Gasteiger partial charge on any atom is 0.292 e. The third-order valence-corrected chi connectivity index (χ3v) is 3.32. The van der Waals surface area contributed by atoms with E-state index in [9.17, 15) is 10.1 Å². The largest absolute Gasteiger partial charge is 0.493 e. The molecule has 0 unspecified atom stereocenters. The summed E-state index contributed by atoms with van der Waals surface area (Å²) in [6.45, 7) is 0.390. The molecule has 0 amide bonds. The summed E-state index contributed by atoms with van der Waals surface area (Å²) in [6, 6.07) is 9.83. The van der Waals surface area contributed by atoms with Gasteiger partial charge in [0.1, 0.15) is 5.69 Å². The molecule has 0 bridgehead atoms. The van der Waals surface area contributed by atoms with Crippen molar-refractivity contribution in [2.45, 2.75) is 6.54 Å². The summed E-state index contributed by atoms with van der Waals surface area (Å²) in [5, 5.41) is 14.5. The minimum absolute atomic E-state index is 0.0233. The molecule has 6 nitrogen and oxygen atoms in total. The van der Waals surface area contributed by atoms with Gasteiger partial charge in [0.15, 0.2) is 11.5 Å². The van der Waals surface area contributed by atoms with Crippen LogP contribution in [0.3, 0.4) is 0 Å². The van der Waals surface area contributed by atoms with E-state index >= 15 is 0 Å². The summed E-state index contributed by atoms with van der Waals surface area (Å²) in [5.74, 6) is 1.22. The lowest BCUT2D eigenvalue weighted by Gasteiger charge is -2.11. The third kappa shape index (κ3) is 3.59. The summed E-state index contributed by atoms with van der Waals surface area (Å²) in [7, 11) is 3.11. The number of nitro benzene ring substituents is 1. The predicted molar refractivity (Wildman–Crippen MR) is 85.0 cm³/mol. The first-order valence-electron chi connectivity index (χ1n) is 6.44. The zero-order valence-electron chi connectivity index (χ0n) is 12.1. The van der Waals surface area contributed by atoms with Crippen LogP contribution >= 0.6 is 11.6 Å². The van der Waals surface area contributed by atoms with Crippen LogP contribution in [0, 0.1) is 10.1 Å². The van der Waals surface area contributed by atoms with Gasteiger partial charge < -0.3 is 14.8 Å². The summed E-state index contributed by atoms with van der Waals surface area (Å²) in [4.78, 5) is 10.6. The van der Waals surface area contributed by atoms with E-state index in [0.717, 1.165) is 5.56 Å². The fourth-order valence-corrected chi connectivity index (χ4v) is 2.17. The molecule has 116 valence electrons. The number of benzene rings is 2. The van der Waals surface area contributed by atoms with Crippen LogP contribution in [-0.4, -0.2) is 19.1 Å². The highest BCUT2D eigenvalue weighted by Gasteiger charge is 2.14. The number of nitrogens with zero attached hydrogens (tertiary/aromatic N) is 1. The van der Waals surface area contributed by atoms with Gasteiger partial charge in [-0.1, -0.05) is 17.7 Å². The first kappa shape index (κ1) is 15.9. The fourth-order valence-electron chi connectivity index (χ4n) is 2.00. The van der Waals surface area contributed by atoms with Crippen molar-refractivity contribution in [1.29, 1.82) is 0 Å². The van der Waals surface area contributed by atoms with E-state index in [1.807, 2.05) is 12.1 Å². The standard InChI is InChI=1S/C15H15ClN2O4/c1-21-14-6-3-10(7-15(14)22-2)9-17-12-8-11(16)4-5-13(12)18(19)20/h3-8,17H,9H2,1-2H3. The lowest BCUT2D eigenvalue weighted by atomic mass is 10.2. The van der Waals surface area contributed by atoms with E-state index in [2.05, 4.69) is 5.32 Å². The number of hydrogen-bond donors (Lipinski definition) is 1. The third-order valence-electron chi connectivity index (χ3n) is 3.09. The molecule has 0 atom stereocenters. The Hall–Kier alpha value is -2.47. The lowest BCUT2D eigenvalue weighted by molar-refractivity contribution is -0.384. The molecular weight excluding hydrogens is 308 g/mol. The minimum atomic E-state index is -0.451. The normalized spacial score (nSPS) is 10.1. The Bertz CT molecular complexity index is 691. The molecule has 1 N–H and O–H groups in total. The molecular formula is C15H15ClN2O4. The van der Waals surface area contributed by atoms with Crippen molar-refractivity contribution < 1.29 is 14.4 Å². The van der Waals surface area contributed by atoms with E-state index in [1.165, 1.54) is 18.2 Å². The highest BCUT2D eigenvalue weighted by atomic mass is 35.5. The predicted octanol–water partition coefficient (Wildman–Crippen LogP) is 3.88. The summed E-state index contributed by atoms with van der Waals surface area (Å²) in [5.41, 5.74) is 1.24. The first-order valence-corrected chi connectivity index (χ1v) is 6.81. The van der Waals surface area contributed by atoms with E-state index < -0.39 is 4.92 Å². The minimum Gasteiger partial charge on any atom is -0.493 e. The van der Waals surface area contributed by atoms with Crippen molar-refractivity contribution >= 4 is 23.0 Å². The zero-order chi connectivity index (χ0) is 16.1. The van der Waals surface area contributed by atoms with Crippen molar-refractivity contribution in [3.63, 3.8) is 0 Å². The van der Waals surface area contributed by atoms with E-state index in [-0.39, 0.29) is 5.69 Å². The molecule has 2 aromatic rings. The highest BCUT2D eigenvalue weighted by molar-refractivity contribution is 6.31. The molecule has 0 saturated carbocycles. The molecule has 7 heteroatoms. The Morgan fingerprint density at radius 1 is 1.14 bits per heavy atom. The number of halogens is 1. The van der Waals surface area contributed by atoms with Gasteiger partial charge >= 0.3 is 0 Å². The SMILES string of the molecule is COc1ccc(CNc2cc(Cl)ccc2[N+](=O)[O-])cc1OC. The second-order valence-electron chi connectivity index (χ2n) is 4.46. The Kier molecular flexibility index (Phi) is 5.06. The molecule has 0 aliphatic carbocycles. The average molecular weight is 323 g/mol. The molecule has 2 rings (SSSR count). The highest BCUT2D eigenvalue weighted by Crippen LogP contribution is 2.30.